The normalized spacial score (nSPS) is 17.0. The van der Waals surface area contributed by atoms with E-state index in [1.807, 2.05) is 0 Å². The number of alkyl carbamates (subject to hydrolysis) is 1. The lowest BCUT2D eigenvalue weighted by Gasteiger charge is -2.35. The zero-order chi connectivity index (χ0) is 18.2. The van der Waals surface area contributed by atoms with E-state index in [2.05, 4.69) is 31.4 Å². The quantitative estimate of drug-likeness (QED) is 0.781. The second-order valence-corrected chi connectivity index (χ2v) is 8.22. The highest BCUT2D eigenvalue weighted by molar-refractivity contribution is 9.10. The monoisotopic (exact) mass is 409 g/mol. The van der Waals surface area contributed by atoms with Gasteiger partial charge in [-0.2, -0.15) is 5.10 Å². The first kappa shape index (κ1) is 17.9. The van der Waals surface area contributed by atoms with Crippen LogP contribution < -0.4 is 5.32 Å². The van der Waals surface area contributed by atoms with Crippen LogP contribution in [0.3, 0.4) is 0 Å². The first-order valence-electron chi connectivity index (χ1n) is 8.19. The van der Waals surface area contributed by atoms with Crippen LogP contribution in [0.1, 0.15) is 44.9 Å². The Labute approximate surface area is 154 Å². The fourth-order valence-electron chi connectivity index (χ4n) is 3.08. The summed E-state index contributed by atoms with van der Waals surface area (Å²) in [5, 5.41) is 9.86. The molecule has 1 aliphatic rings. The summed E-state index contributed by atoms with van der Waals surface area (Å²) in [6, 6.07) is 6.49. The number of nitrogens with zero attached hydrogens (tertiary/aromatic N) is 1. The molecule has 134 valence electrons. The maximum absolute atomic E-state index is 14.8. The number of carbonyl (C=O) groups is 1. The van der Waals surface area contributed by atoms with Gasteiger partial charge in [0.25, 0.3) is 0 Å². The van der Waals surface area contributed by atoms with Gasteiger partial charge in [-0.25, -0.2) is 9.18 Å². The highest BCUT2D eigenvalue weighted by Gasteiger charge is 2.52. The Morgan fingerprint density at radius 3 is 2.64 bits per heavy atom. The Bertz CT molecular complexity index is 769. The van der Waals surface area contributed by atoms with Gasteiger partial charge in [0.2, 0.25) is 0 Å². The van der Waals surface area contributed by atoms with Gasteiger partial charge < -0.3 is 10.1 Å². The van der Waals surface area contributed by atoms with Crippen molar-refractivity contribution in [2.75, 3.05) is 0 Å². The molecule has 7 heteroatoms. The van der Waals surface area contributed by atoms with Crippen LogP contribution in [0.15, 0.2) is 34.9 Å². The number of hydrogen-bond donors (Lipinski definition) is 2. The molecular weight excluding hydrogens is 389 g/mol. The summed E-state index contributed by atoms with van der Waals surface area (Å²) in [5.41, 5.74) is -0.673. The van der Waals surface area contributed by atoms with Crippen LogP contribution in [0.4, 0.5) is 9.18 Å². The lowest BCUT2D eigenvalue weighted by atomic mass is 9.81. The summed E-state index contributed by atoms with van der Waals surface area (Å²) in [6.45, 7) is 5.38. The number of carbonyl (C=O) groups excluding carboxylic acids is 1. The standard InChI is InChI=1S/C18H21BrFN3O2/c1-17(2,3)25-16(24)22-18(11-4-5-11,15-8-9-21-23-15)13-10-12(19)6-7-14(13)20/h6-11H,4-5H2,1-3H3,(H,21,23)(H,22,24)/t18-/m1/s1. The molecule has 0 saturated heterocycles. The third kappa shape index (κ3) is 3.71. The number of halogens is 2. The molecule has 1 amide bonds. The molecule has 3 rings (SSSR count). The molecule has 1 heterocycles. The number of amides is 1. The highest BCUT2D eigenvalue weighted by atomic mass is 79.9. The van der Waals surface area contributed by atoms with Gasteiger partial charge in [-0.05, 0) is 63.8 Å². The molecule has 0 radical (unpaired) electrons. The highest BCUT2D eigenvalue weighted by Crippen LogP contribution is 2.50. The van der Waals surface area contributed by atoms with E-state index in [-0.39, 0.29) is 11.7 Å². The van der Waals surface area contributed by atoms with Gasteiger partial charge in [-0.1, -0.05) is 15.9 Å². The molecule has 0 spiro atoms. The van der Waals surface area contributed by atoms with Gasteiger partial charge >= 0.3 is 6.09 Å². The molecule has 0 unspecified atom stereocenters. The summed E-state index contributed by atoms with van der Waals surface area (Å²) in [5.74, 6) is -0.329. The van der Waals surface area contributed by atoms with Gasteiger partial charge in [0, 0.05) is 16.2 Å². The molecule has 1 aromatic carbocycles. The van der Waals surface area contributed by atoms with Gasteiger partial charge in [0.1, 0.15) is 17.0 Å². The fraction of sp³-hybridized carbons (Fsp3) is 0.444. The van der Waals surface area contributed by atoms with E-state index in [0.29, 0.717) is 11.3 Å². The van der Waals surface area contributed by atoms with E-state index in [4.69, 9.17) is 4.74 Å². The number of aromatic nitrogens is 2. The number of rotatable bonds is 4. The van der Waals surface area contributed by atoms with Crippen LogP contribution in [-0.2, 0) is 10.3 Å². The molecule has 25 heavy (non-hydrogen) atoms. The zero-order valence-corrected chi connectivity index (χ0v) is 16.0. The Morgan fingerprint density at radius 2 is 2.08 bits per heavy atom. The molecule has 2 N–H and O–H groups in total. The van der Waals surface area contributed by atoms with Crippen LogP contribution in [0.2, 0.25) is 0 Å². The van der Waals surface area contributed by atoms with Crippen LogP contribution in [0.5, 0.6) is 0 Å². The first-order valence-corrected chi connectivity index (χ1v) is 8.98. The van der Waals surface area contributed by atoms with Crippen LogP contribution in [0, 0.1) is 11.7 Å². The molecular formula is C18H21BrFN3O2. The number of hydrogen-bond acceptors (Lipinski definition) is 3. The number of H-pyrrole nitrogens is 1. The molecule has 2 aromatic rings. The van der Waals surface area contributed by atoms with E-state index >= 15 is 0 Å². The van der Waals surface area contributed by atoms with E-state index < -0.39 is 17.2 Å². The van der Waals surface area contributed by atoms with Crippen LogP contribution >= 0.6 is 15.9 Å². The Morgan fingerprint density at radius 1 is 1.36 bits per heavy atom. The van der Waals surface area contributed by atoms with Gasteiger partial charge in [-0.3, -0.25) is 5.10 Å². The second kappa shape index (κ2) is 6.44. The van der Waals surface area contributed by atoms with Crippen molar-refractivity contribution in [1.29, 1.82) is 0 Å². The minimum Gasteiger partial charge on any atom is -0.444 e. The maximum atomic E-state index is 14.8. The number of nitrogens with one attached hydrogen (secondary N) is 2. The molecule has 5 nitrogen and oxygen atoms in total. The lowest BCUT2D eigenvalue weighted by Crippen LogP contribution is -2.51. The van der Waals surface area contributed by atoms with E-state index in [1.54, 1.807) is 45.2 Å². The van der Waals surface area contributed by atoms with Crippen molar-refractivity contribution in [2.24, 2.45) is 5.92 Å². The fourth-order valence-corrected chi connectivity index (χ4v) is 3.44. The minimum absolute atomic E-state index is 0.0595. The molecule has 1 saturated carbocycles. The summed E-state index contributed by atoms with van der Waals surface area (Å²) < 4.78 is 21.0. The molecule has 0 bridgehead atoms. The number of ether oxygens (including phenoxy) is 1. The van der Waals surface area contributed by atoms with E-state index in [0.717, 1.165) is 17.3 Å². The Kier molecular flexibility index (Phi) is 4.62. The molecule has 1 atom stereocenters. The van der Waals surface area contributed by atoms with Crippen molar-refractivity contribution in [2.45, 2.75) is 44.8 Å². The second-order valence-electron chi connectivity index (χ2n) is 7.30. The first-order chi connectivity index (χ1) is 11.7. The van der Waals surface area contributed by atoms with Crippen molar-refractivity contribution < 1.29 is 13.9 Å². The predicted octanol–water partition coefficient (Wildman–Crippen LogP) is 4.49. The topological polar surface area (TPSA) is 67.0 Å². The van der Waals surface area contributed by atoms with Crippen molar-refractivity contribution in [3.05, 3.63) is 52.0 Å². The lowest BCUT2D eigenvalue weighted by molar-refractivity contribution is 0.0455. The summed E-state index contributed by atoms with van der Waals surface area (Å²) in [7, 11) is 0. The smallest absolute Gasteiger partial charge is 0.408 e. The Hall–Kier alpha value is -1.89. The average molecular weight is 410 g/mol. The summed E-state index contributed by atoms with van der Waals surface area (Å²) >= 11 is 3.40. The zero-order valence-electron chi connectivity index (χ0n) is 14.4. The average Bonchev–Trinajstić information content (AvgIpc) is 3.20. The third-order valence-corrected chi connectivity index (χ3v) is 4.66. The van der Waals surface area contributed by atoms with Crippen LogP contribution in [0.25, 0.3) is 0 Å². The predicted molar refractivity (Wildman–Crippen MR) is 95.6 cm³/mol. The summed E-state index contributed by atoms with van der Waals surface area (Å²) in [4.78, 5) is 12.6. The molecule has 1 fully saturated rings. The molecule has 1 aliphatic carbocycles. The van der Waals surface area contributed by atoms with Crippen molar-refractivity contribution in [3.8, 4) is 0 Å². The minimum atomic E-state index is -1.05. The van der Waals surface area contributed by atoms with Gasteiger partial charge in [-0.15, -0.1) is 0 Å². The van der Waals surface area contributed by atoms with E-state index in [9.17, 15) is 9.18 Å². The number of aromatic amines is 1. The van der Waals surface area contributed by atoms with Gasteiger partial charge in [0.05, 0.1) is 5.69 Å². The number of benzene rings is 1. The summed E-state index contributed by atoms with van der Waals surface area (Å²) in [6.07, 6.45) is 2.76. The SMILES string of the molecule is CC(C)(C)OC(=O)N[C@@](c1ccn[nH]1)(c1cc(Br)ccc1F)C1CC1. The van der Waals surface area contributed by atoms with E-state index in [1.165, 1.54) is 6.07 Å². The molecule has 0 aliphatic heterocycles. The van der Waals surface area contributed by atoms with Crippen LogP contribution in [-0.4, -0.2) is 21.9 Å². The maximum Gasteiger partial charge on any atom is 0.408 e. The third-order valence-electron chi connectivity index (χ3n) is 4.17. The molecule has 1 aromatic heterocycles. The Balaban J connectivity index is 2.11. The van der Waals surface area contributed by atoms with Gasteiger partial charge in [0.15, 0.2) is 0 Å². The van der Waals surface area contributed by atoms with Crippen molar-refractivity contribution in [1.82, 2.24) is 15.5 Å². The largest absolute Gasteiger partial charge is 0.444 e. The van der Waals surface area contributed by atoms with Crippen molar-refractivity contribution >= 4 is 22.0 Å². The van der Waals surface area contributed by atoms with Crippen molar-refractivity contribution in [3.63, 3.8) is 0 Å².